The van der Waals surface area contributed by atoms with Crippen LogP contribution in [0.15, 0.2) is 60.3 Å². The number of nitrogens with zero attached hydrogens (tertiary/aromatic N) is 1. The van der Waals surface area contributed by atoms with Gasteiger partial charge in [0, 0.05) is 18.8 Å². The van der Waals surface area contributed by atoms with Crippen LogP contribution in [0.2, 0.25) is 0 Å². The molecule has 1 heterocycles. The molecule has 0 bridgehead atoms. The van der Waals surface area contributed by atoms with Gasteiger partial charge in [-0.25, -0.2) is 4.79 Å². The SMILES string of the molecule is CC1=CN(C)C(=O)C(NC(=O)N[C@@H](CC(=O)O)c2cccc(-c3ccccc3)c2C)C1=O.[H-].[Na+]. The van der Waals surface area contributed by atoms with Gasteiger partial charge in [0.05, 0.1) is 12.5 Å². The fraction of sp³-hybridized carbons (Fsp3) is 0.250. The van der Waals surface area contributed by atoms with Crippen LogP contribution in [0.3, 0.4) is 0 Å². The minimum atomic E-state index is -1.35. The first kappa shape index (κ1) is 26.3. The Morgan fingerprint density at radius 2 is 1.76 bits per heavy atom. The summed E-state index contributed by atoms with van der Waals surface area (Å²) in [6.45, 7) is 3.42. The molecule has 3 N–H and O–H groups in total. The number of hydrogen-bond donors (Lipinski definition) is 3. The predicted molar refractivity (Wildman–Crippen MR) is 120 cm³/mol. The molecule has 2 atom stereocenters. The summed E-state index contributed by atoms with van der Waals surface area (Å²) in [6.07, 6.45) is 1.05. The number of ketones is 1. The maximum atomic E-state index is 12.7. The molecule has 168 valence electrons. The second-order valence-corrected chi connectivity index (χ2v) is 7.71. The summed E-state index contributed by atoms with van der Waals surface area (Å²) in [5.41, 5.74) is 3.69. The Hall–Kier alpha value is -2.94. The van der Waals surface area contributed by atoms with Gasteiger partial charge in [0.1, 0.15) is 0 Å². The van der Waals surface area contributed by atoms with E-state index in [0.29, 0.717) is 11.1 Å². The number of aliphatic carboxylic acids is 1. The van der Waals surface area contributed by atoms with E-state index in [1.165, 1.54) is 18.1 Å². The number of benzene rings is 2. The molecule has 1 unspecified atom stereocenters. The summed E-state index contributed by atoms with van der Waals surface area (Å²) >= 11 is 0. The zero-order chi connectivity index (χ0) is 23.4. The maximum absolute atomic E-state index is 12.7. The van der Waals surface area contributed by atoms with Crippen molar-refractivity contribution < 1.29 is 55.3 Å². The molecule has 1 aliphatic rings. The number of carbonyl (C=O) groups excluding carboxylic acids is 3. The predicted octanol–water partition coefficient (Wildman–Crippen LogP) is -0.0930. The number of likely N-dealkylation sites (N-methyl/N-ethyl adjacent to an activating group) is 1. The van der Waals surface area contributed by atoms with Crippen molar-refractivity contribution in [1.82, 2.24) is 15.5 Å². The van der Waals surface area contributed by atoms with Crippen molar-refractivity contribution in [2.24, 2.45) is 0 Å². The van der Waals surface area contributed by atoms with Crippen LogP contribution in [0, 0.1) is 6.92 Å². The van der Waals surface area contributed by atoms with E-state index in [4.69, 9.17) is 0 Å². The van der Waals surface area contributed by atoms with E-state index in [1.807, 2.05) is 43.3 Å². The Balaban J connectivity index is 0.00000289. The molecule has 3 rings (SSSR count). The van der Waals surface area contributed by atoms with Crippen molar-refractivity contribution in [3.63, 3.8) is 0 Å². The molecule has 0 fully saturated rings. The summed E-state index contributed by atoms with van der Waals surface area (Å²) < 4.78 is 0. The molecule has 0 aromatic heterocycles. The molecule has 0 saturated carbocycles. The van der Waals surface area contributed by atoms with Gasteiger partial charge in [0.15, 0.2) is 11.8 Å². The van der Waals surface area contributed by atoms with E-state index in [0.717, 1.165) is 16.7 Å². The van der Waals surface area contributed by atoms with E-state index >= 15 is 0 Å². The van der Waals surface area contributed by atoms with Crippen LogP contribution in [0.1, 0.15) is 31.9 Å². The van der Waals surface area contributed by atoms with Crippen molar-refractivity contribution in [3.05, 3.63) is 71.4 Å². The molecule has 1 aliphatic heterocycles. The Labute approximate surface area is 215 Å². The number of rotatable bonds is 6. The topological polar surface area (TPSA) is 116 Å². The number of hydrogen-bond acceptors (Lipinski definition) is 4. The Kier molecular flexibility index (Phi) is 8.99. The third-order valence-corrected chi connectivity index (χ3v) is 5.43. The van der Waals surface area contributed by atoms with Crippen LogP contribution < -0.4 is 40.2 Å². The van der Waals surface area contributed by atoms with Crippen molar-refractivity contribution in [2.75, 3.05) is 7.05 Å². The van der Waals surface area contributed by atoms with E-state index in [2.05, 4.69) is 10.6 Å². The normalized spacial score (nSPS) is 16.4. The molecule has 8 nitrogen and oxygen atoms in total. The molecule has 0 radical (unpaired) electrons. The number of nitrogens with one attached hydrogen (secondary N) is 2. The van der Waals surface area contributed by atoms with Crippen LogP contribution in [0.5, 0.6) is 0 Å². The average molecular weight is 459 g/mol. The van der Waals surface area contributed by atoms with Gasteiger partial charge >= 0.3 is 41.6 Å². The van der Waals surface area contributed by atoms with Crippen LogP contribution in [0.4, 0.5) is 4.79 Å². The second kappa shape index (κ2) is 11.3. The fourth-order valence-corrected chi connectivity index (χ4v) is 3.79. The molecular weight excluding hydrogens is 433 g/mol. The summed E-state index contributed by atoms with van der Waals surface area (Å²) in [4.78, 5) is 50.1. The number of amides is 3. The first-order valence-corrected chi connectivity index (χ1v) is 10.1. The van der Waals surface area contributed by atoms with Crippen molar-refractivity contribution in [3.8, 4) is 11.1 Å². The van der Waals surface area contributed by atoms with Gasteiger partial charge in [0.2, 0.25) is 0 Å². The maximum Gasteiger partial charge on any atom is 1.00 e. The van der Waals surface area contributed by atoms with Crippen molar-refractivity contribution in [1.29, 1.82) is 0 Å². The molecule has 3 amide bonds. The molecule has 9 heteroatoms. The van der Waals surface area contributed by atoms with Gasteiger partial charge in [0.25, 0.3) is 5.91 Å². The van der Waals surface area contributed by atoms with Gasteiger partial charge in [-0.15, -0.1) is 0 Å². The first-order chi connectivity index (χ1) is 15.2. The Bertz CT molecular complexity index is 1110. The quantitative estimate of drug-likeness (QED) is 0.413. The third kappa shape index (κ3) is 6.10. The monoisotopic (exact) mass is 459 g/mol. The number of carboxylic acid groups (broad SMARTS) is 1. The molecule has 0 spiro atoms. The largest absolute Gasteiger partial charge is 1.00 e. The molecule has 2 aromatic carbocycles. The zero-order valence-corrected chi connectivity index (χ0v) is 21.1. The second-order valence-electron chi connectivity index (χ2n) is 7.71. The standard InChI is InChI=1S/C24H25N3O5.Na.H/c1-14-13-27(3)23(31)21(22(14)30)26-24(32)25-19(12-20(28)29)18-11-7-10-17(15(18)2)16-8-5-4-6-9-16;;/h4-11,13,19,21H,12H2,1-3H3,(H,28,29)(H2,25,26,32);;/q;+1;-1/t19-,21?;;/m0../s1. The fourth-order valence-electron chi connectivity index (χ4n) is 3.79. The number of carbonyl (C=O) groups is 4. The van der Waals surface area contributed by atoms with Crippen LogP contribution in [-0.4, -0.2) is 46.8 Å². The van der Waals surface area contributed by atoms with Gasteiger partial charge < -0.3 is 22.1 Å². The number of carboxylic acids is 1. The minimum absolute atomic E-state index is 0. The molecule has 2 aromatic rings. The van der Waals surface area contributed by atoms with Crippen LogP contribution in [0.25, 0.3) is 11.1 Å². The van der Waals surface area contributed by atoms with E-state index < -0.39 is 35.8 Å². The van der Waals surface area contributed by atoms with Gasteiger partial charge in [-0.3, -0.25) is 14.4 Å². The van der Waals surface area contributed by atoms with Crippen LogP contribution in [-0.2, 0) is 14.4 Å². The van der Waals surface area contributed by atoms with E-state index in [9.17, 15) is 24.3 Å². The summed E-state index contributed by atoms with van der Waals surface area (Å²) in [6, 6.07) is 12.1. The number of Topliss-reactive ketones (excluding diaryl/α,β-unsaturated/α-hetero) is 1. The molecule has 0 aliphatic carbocycles. The molecular formula is C24H26N3NaO5. The summed E-state index contributed by atoms with van der Waals surface area (Å²) in [5.74, 6) is -2.16. The number of urea groups is 1. The van der Waals surface area contributed by atoms with Crippen molar-refractivity contribution in [2.45, 2.75) is 32.4 Å². The smallest absolute Gasteiger partial charge is 1.00 e. The molecule has 33 heavy (non-hydrogen) atoms. The van der Waals surface area contributed by atoms with Gasteiger partial charge in [-0.05, 0) is 36.1 Å². The van der Waals surface area contributed by atoms with Gasteiger partial charge in [-0.2, -0.15) is 0 Å². The average Bonchev–Trinajstić information content (AvgIpc) is 2.75. The van der Waals surface area contributed by atoms with E-state index in [1.54, 1.807) is 19.1 Å². The Morgan fingerprint density at radius 1 is 1.09 bits per heavy atom. The molecule has 0 saturated heterocycles. The summed E-state index contributed by atoms with van der Waals surface area (Å²) in [5, 5.41) is 14.4. The van der Waals surface area contributed by atoms with Gasteiger partial charge in [-0.1, -0.05) is 48.5 Å². The summed E-state index contributed by atoms with van der Waals surface area (Å²) in [7, 11) is 1.50. The Morgan fingerprint density at radius 3 is 2.39 bits per heavy atom. The third-order valence-electron chi connectivity index (χ3n) is 5.43. The zero-order valence-electron chi connectivity index (χ0n) is 20.1. The van der Waals surface area contributed by atoms with Crippen molar-refractivity contribution >= 4 is 23.7 Å². The van der Waals surface area contributed by atoms with E-state index in [-0.39, 0.29) is 37.4 Å². The minimum Gasteiger partial charge on any atom is -1.00 e. The first-order valence-electron chi connectivity index (χ1n) is 10.1. The van der Waals surface area contributed by atoms with Crippen LogP contribution >= 0.6 is 0 Å².